The third-order valence-corrected chi connectivity index (χ3v) is 23.2. The molecule has 4 aliphatic heterocycles. The van der Waals surface area contributed by atoms with Crippen LogP contribution in [0.15, 0.2) is 202 Å². The van der Waals surface area contributed by atoms with Crippen molar-refractivity contribution in [2.24, 2.45) is 5.73 Å². The molecule has 5 N–H and O–H groups in total. The maximum Gasteiger partial charge on any atom is 0.264 e. The van der Waals surface area contributed by atoms with E-state index in [4.69, 9.17) is 10.5 Å². The number of ether oxygens (including phenoxy) is 1. The number of sulfonamides is 3. The quantitative estimate of drug-likeness (QED) is 0.0549. The highest BCUT2D eigenvalue weighted by Crippen LogP contribution is 2.32. The van der Waals surface area contributed by atoms with E-state index in [1.807, 2.05) is 57.5 Å². The molecular weight excluding hydrogens is 1420 g/mol. The molecule has 3 fully saturated rings. The molecule has 556 valence electrons. The SMILES string of the molecule is CC(C(=O)N1CCN(c2ccc(S(=O)(=O)Nc3nccs3)cc2)C(=O)C1)n1ccc2c(C#N)cccc21.CC(N)=CC(=O)NS(=O)(=O)c1ccc(N2CCN(C(=O)[C@@H](C)N3CCCc4cc(F)ccc43)CC2)cc1.COc1ccc(CN2CCN(c3ccc(S(=O)(=O)Nc4ccncn4)cc3)CC2)cc1.[HH].[HH].[HH].[HH]. The number of nitrogens with two attached hydrogens (primary N) is 1. The van der Waals surface area contributed by atoms with E-state index in [9.17, 15) is 54.1 Å². The predicted molar refractivity (Wildman–Crippen MR) is 408 cm³/mol. The van der Waals surface area contributed by atoms with Gasteiger partial charge in [0.2, 0.25) is 17.7 Å². The van der Waals surface area contributed by atoms with Gasteiger partial charge in [-0.1, -0.05) is 18.2 Å². The fourth-order valence-corrected chi connectivity index (χ4v) is 16.5. The molecule has 0 saturated carbocycles. The number of amides is 4. The number of halogens is 1. The Balaban J connectivity index is 0.000000224. The Kier molecular flexibility index (Phi) is 23.8. The van der Waals surface area contributed by atoms with E-state index in [1.54, 1.807) is 91.2 Å². The van der Waals surface area contributed by atoms with Crippen molar-refractivity contribution in [3.8, 4) is 11.8 Å². The van der Waals surface area contributed by atoms with E-state index in [0.717, 1.165) is 97.5 Å². The number of aromatic nitrogens is 4. The molecular formula is C73H87FN16O11S4. The fourth-order valence-electron chi connectivity index (χ4n) is 12.8. The normalized spacial score (nSPS) is 15.8. The molecule has 13 rings (SSSR count). The van der Waals surface area contributed by atoms with Gasteiger partial charge in [-0.25, -0.2) is 49.3 Å². The fraction of sp³-hybridized carbons (Fsp3) is 0.288. The van der Waals surface area contributed by atoms with Crippen molar-refractivity contribution in [1.29, 1.82) is 5.26 Å². The molecule has 4 aliphatic rings. The number of methoxy groups -OCH3 is 1. The summed E-state index contributed by atoms with van der Waals surface area (Å²) in [5, 5.41) is 12.1. The first-order chi connectivity index (χ1) is 50.4. The van der Waals surface area contributed by atoms with Crippen molar-refractivity contribution in [3.63, 3.8) is 0 Å². The number of nitrogens with one attached hydrogen (secondary N) is 3. The number of thiazole rings is 1. The molecule has 0 spiro atoms. The van der Waals surface area contributed by atoms with E-state index in [2.05, 4.69) is 62.2 Å². The van der Waals surface area contributed by atoms with Crippen LogP contribution in [0.1, 0.15) is 55.6 Å². The summed E-state index contributed by atoms with van der Waals surface area (Å²) in [5.74, 6) is -0.367. The van der Waals surface area contributed by atoms with Crippen molar-refractivity contribution in [1.82, 2.24) is 38.9 Å². The Hall–Kier alpha value is -11.0. The largest absolute Gasteiger partial charge is 0.497 e. The summed E-state index contributed by atoms with van der Waals surface area (Å²) in [7, 11) is -9.82. The maximum absolute atomic E-state index is 13.7. The third-order valence-electron chi connectivity index (χ3n) is 18.3. The smallest absolute Gasteiger partial charge is 0.264 e. The topological polar surface area (TPSA) is 332 Å². The number of hydrogen-bond acceptors (Lipinski definition) is 21. The summed E-state index contributed by atoms with van der Waals surface area (Å²) < 4.78 is 103. The lowest BCUT2D eigenvalue weighted by Crippen LogP contribution is -2.55. The predicted octanol–water partition coefficient (Wildman–Crippen LogP) is 8.78. The number of hydrogen-bond donors (Lipinski definition) is 4. The minimum Gasteiger partial charge on any atom is -0.497 e. The second kappa shape index (κ2) is 33.2. The Bertz CT molecular complexity index is 5020. The molecule has 27 nitrogen and oxygen atoms in total. The molecule has 3 aromatic heterocycles. The zero-order valence-corrected chi connectivity index (χ0v) is 61.3. The Morgan fingerprint density at radius 2 is 1.30 bits per heavy atom. The van der Waals surface area contributed by atoms with E-state index in [-0.39, 0.29) is 79.7 Å². The molecule has 3 saturated heterocycles. The van der Waals surface area contributed by atoms with Crippen LogP contribution in [-0.2, 0) is 62.2 Å². The summed E-state index contributed by atoms with van der Waals surface area (Å²) in [6.45, 7) is 13.3. The number of piperazine rings is 3. The summed E-state index contributed by atoms with van der Waals surface area (Å²) in [6.07, 6.45) is 8.77. The van der Waals surface area contributed by atoms with Gasteiger partial charge in [0, 0.05) is 148 Å². The zero-order chi connectivity index (χ0) is 74.6. The van der Waals surface area contributed by atoms with Crippen LogP contribution in [0.3, 0.4) is 0 Å². The summed E-state index contributed by atoms with van der Waals surface area (Å²) in [4.78, 5) is 76.9. The number of carbonyl (C=O) groups excluding carboxylic acids is 4. The number of allylic oxidation sites excluding steroid dienone is 1. The molecule has 4 amide bonds. The van der Waals surface area contributed by atoms with Crippen LogP contribution in [0, 0.1) is 17.1 Å². The van der Waals surface area contributed by atoms with Gasteiger partial charge in [-0.2, -0.15) is 5.26 Å². The van der Waals surface area contributed by atoms with Gasteiger partial charge < -0.3 is 44.4 Å². The van der Waals surface area contributed by atoms with Gasteiger partial charge in [-0.05, 0) is 172 Å². The lowest BCUT2D eigenvalue weighted by atomic mass is 9.99. The van der Waals surface area contributed by atoms with E-state index in [1.165, 1.54) is 83.8 Å². The van der Waals surface area contributed by atoms with E-state index in [0.29, 0.717) is 44.0 Å². The van der Waals surface area contributed by atoms with E-state index < -0.39 is 42.0 Å². The van der Waals surface area contributed by atoms with Crippen LogP contribution in [0.4, 0.5) is 38.1 Å². The van der Waals surface area contributed by atoms with Crippen molar-refractivity contribution in [2.75, 3.05) is 115 Å². The average Bonchev–Trinajstić information content (AvgIpc) is 1.12. The molecule has 7 heterocycles. The number of anilines is 6. The first-order valence-electron chi connectivity index (χ1n) is 33.7. The third kappa shape index (κ3) is 18.5. The number of nitriles is 1. The standard InChI is InChI=1S/C26H32FN5O4S.C25H22N6O4S2.C22H25N5O3S.4H2/c1-18(28)16-25(33)29-37(35,36)23-8-6-22(7-9-23)30-12-14-31(15-13-30)26(34)19(2)32-11-3-4-20-17-21(27)5-10-24(20)32;1-17(30-11-9-21-18(15-26)3-2-4-22(21)30)24(33)29-12-13-31(23(32)16-29)19-5-7-20(8-6-19)37(34,35)28-25-27-10-14-36-25;1-30-20-6-2-18(3-7-20)16-26-12-14-27(15-13-26)19-4-8-21(9-5-19)31(28,29)25-22-10-11-23-17-24-22;;;;/h5-10,16-17,19H,3-4,11-15,28H2,1-2H3,(H,29,33);2-11,14,17H,12-13,16H2,1H3,(H,27,28);2-11,17H,12-16H2,1H3,(H,23,24,25);4*1H/t19-;;;;;;/m1....../s1. The molecule has 9 aromatic rings. The monoisotopic (exact) mass is 1510 g/mol. The summed E-state index contributed by atoms with van der Waals surface area (Å²) >= 11 is 1.18. The summed E-state index contributed by atoms with van der Waals surface area (Å²) in [5.41, 5.74) is 12.5. The van der Waals surface area contributed by atoms with Gasteiger partial charge in [0.1, 0.15) is 42.3 Å². The van der Waals surface area contributed by atoms with Gasteiger partial charge in [-0.15, -0.1) is 11.3 Å². The number of benzene rings is 6. The second-order valence-electron chi connectivity index (χ2n) is 25.2. The van der Waals surface area contributed by atoms with Gasteiger partial charge >= 0.3 is 0 Å². The minimum atomic E-state index is -4.01. The summed E-state index contributed by atoms with van der Waals surface area (Å²) in [6, 6.07) is 42.1. The van der Waals surface area contributed by atoms with Gasteiger partial charge in [0.05, 0.1) is 38.9 Å². The Morgan fingerprint density at radius 1 is 0.695 bits per heavy atom. The molecule has 6 aromatic carbocycles. The highest BCUT2D eigenvalue weighted by atomic mass is 32.2. The molecule has 0 aliphatic carbocycles. The molecule has 0 bridgehead atoms. The molecule has 2 atom stereocenters. The zero-order valence-electron chi connectivity index (χ0n) is 58.0. The first-order valence-corrected chi connectivity index (χ1v) is 39.0. The van der Waals surface area contributed by atoms with Crippen molar-refractivity contribution in [3.05, 3.63) is 210 Å². The Labute approximate surface area is 619 Å². The molecule has 32 heteroatoms. The van der Waals surface area contributed by atoms with Gasteiger partial charge in [0.25, 0.3) is 36.0 Å². The Morgan fingerprint density at radius 3 is 1.90 bits per heavy atom. The highest BCUT2D eigenvalue weighted by molar-refractivity contribution is 7.93. The first kappa shape index (κ1) is 75.2. The number of carbonyl (C=O) groups is 4. The maximum atomic E-state index is 13.7. The van der Waals surface area contributed by atoms with Gasteiger partial charge in [-0.3, -0.25) is 33.5 Å². The van der Waals surface area contributed by atoms with Crippen LogP contribution < -0.4 is 44.2 Å². The van der Waals surface area contributed by atoms with Gasteiger partial charge in [0.15, 0.2) is 5.13 Å². The second-order valence-corrected chi connectivity index (χ2v) is 31.1. The number of aryl methyl sites for hydroxylation is 1. The highest BCUT2D eigenvalue weighted by Gasteiger charge is 2.34. The lowest BCUT2D eigenvalue weighted by molar-refractivity contribution is -0.139. The van der Waals surface area contributed by atoms with Crippen molar-refractivity contribution < 1.29 is 59.3 Å². The van der Waals surface area contributed by atoms with Crippen molar-refractivity contribution in [2.45, 2.75) is 66.9 Å². The number of nitrogens with zero attached hydrogens (tertiary/aromatic N) is 12. The average molecular weight is 1510 g/mol. The van der Waals surface area contributed by atoms with Crippen LogP contribution in [0.2, 0.25) is 0 Å². The molecule has 0 radical (unpaired) electrons. The minimum absolute atomic E-state index is 0. The molecule has 105 heavy (non-hydrogen) atoms. The molecule has 1 unspecified atom stereocenters. The van der Waals surface area contributed by atoms with Crippen LogP contribution in [-0.4, -0.2) is 175 Å². The lowest BCUT2D eigenvalue weighted by Gasteiger charge is -2.41. The van der Waals surface area contributed by atoms with E-state index >= 15 is 0 Å². The van der Waals surface area contributed by atoms with Crippen LogP contribution >= 0.6 is 11.3 Å². The van der Waals surface area contributed by atoms with Crippen LogP contribution in [0.25, 0.3) is 10.9 Å². The number of rotatable bonds is 19. The van der Waals surface area contributed by atoms with Crippen LogP contribution in [0.5, 0.6) is 5.75 Å². The van der Waals surface area contributed by atoms with Crippen molar-refractivity contribution >= 4 is 110 Å². The number of fused-ring (bicyclic) bond motifs is 2.